The number of methoxy groups -OCH3 is 1. The van der Waals surface area contributed by atoms with Gasteiger partial charge in [-0.1, -0.05) is 30.3 Å². The minimum atomic E-state index is -0.186. The monoisotopic (exact) mass is 346 g/mol. The van der Waals surface area contributed by atoms with Crippen LogP contribution in [0.5, 0.6) is 11.5 Å². The van der Waals surface area contributed by atoms with Crippen molar-refractivity contribution in [2.75, 3.05) is 30.9 Å². The highest BCUT2D eigenvalue weighted by molar-refractivity contribution is 6.32. The molecule has 5 nitrogen and oxygen atoms in total. The highest BCUT2D eigenvalue weighted by Crippen LogP contribution is 2.27. The summed E-state index contributed by atoms with van der Waals surface area (Å²) in [6.45, 7) is 4.16. The van der Waals surface area contributed by atoms with E-state index in [1.54, 1.807) is 24.3 Å². The molecule has 0 aliphatic carbocycles. The van der Waals surface area contributed by atoms with Crippen LogP contribution in [0.4, 0.5) is 11.4 Å². The number of amides is 1. The van der Waals surface area contributed by atoms with Gasteiger partial charge in [-0.3, -0.25) is 4.79 Å². The Hall–Kier alpha value is -2.66. The normalized spacial score (nSPS) is 9.92. The van der Waals surface area contributed by atoms with Crippen molar-refractivity contribution in [2.24, 2.45) is 0 Å². The van der Waals surface area contributed by atoms with Crippen LogP contribution in [0, 0.1) is 0 Å². The highest BCUT2D eigenvalue weighted by Gasteiger charge is 2.06. The van der Waals surface area contributed by atoms with Crippen LogP contribution in [0.25, 0.3) is 0 Å². The third kappa shape index (κ3) is 5.21. The molecule has 0 radical (unpaired) electrons. The van der Waals surface area contributed by atoms with Gasteiger partial charge >= 0.3 is 0 Å². The van der Waals surface area contributed by atoms with E-state index in [0.29, 0.717) is 28.8 Å². The highest BCUT2D eigenvalue weighted by atomic mass is 35.5. The number of rotatable bonds is 8. The van der Waals surface area contributed by atoms with E-state index < -0.39 is 0 Å². The fourth-order valence-electron chi connectivity index (χ4n) is 1.98. The Balaban J connectivity index is 1.89. The molecule has 2 rings (SSSR count). The van der Waals surface area contributed by atoms with E-state index in [1.165, 1.54) is 7.11 Å². The lowest BCUT2D eigenvalue weighted by Crippen LogP contribution is -2.21. The quantitative estimate of drug-likeness (QED) is 0.710. The Morgan fingerprint density at radius 2 is 2.08 bits per heavy atom. The van der Waals surface area contributed by atoms with Gasteiger partial charge in [-0.2, -0.15) is 0 Å². The van der Waals surface area contributed by atoms with Crippen LogP contribution in [0.15, 0.2) is 55.1 Å². The first-order valence-corrected chi connectivity index (χ1v) is 7.71. The zero-order valence-electron chi connectivity index (χ0n) is 13.3. The predicted molar refractivity (Wildman–Crippen MR) is 97.3 cm³/mol. The summed E-state index contributed by atoms with van der Waals surface area (Å²) >= 11 is 6.03. The third-order valence-corrected chi connectivity index (χ3v) is 3.39. The minimum Gasteiger partial charge on any atom is -0.495 e. The number of halogens is 1. The standard InChI is InChI=1S/C18H19ClN2O3/c1-3-9-24-15-6-4-5-13(10-15)20-12-18(22)21-14-7-8-17(23-2)16(19)11-14/h3-8,10-11,20H,1,9,12H2,2H3,(H,21,22). The van der Waals surface area contributed by atoms with Crippen LogP contribution in [0.2, 0.25) is 5.02 Å². The average Bonchev–Trinajstić information content (AvgIpc) is 2.59. The van der Waals surface area contributed by atoms with E-state index in [9.17, 15) is 4.79 Å². The van der Waals surface area contributed by atoms with Crippen molar-refractivity contribution in [3.05, 3.63) is 60.1 Å². The van der Waals surface area contributed by atoms with E-state index in [-0.39, 0.29) is 12.5 Å². The second-order valence-corrected chi connectivity index (χ2v) is 5.29. The van der Waals surface area contributed by atoms with Gasteiger partial charge in [0.1, 0.15) is 18.1 Å². The fraction of sp³-hybridized carbons (Fsp3) is 0.167. The van der Waals surface area contributed by atoms with Gasteiger partial charge in [0.2, 0.25) is 5.91 Å². The number of ether oxygens (including phenoxy) is 2. The van der Waals surface area contributed by atoms with Gasteiger partial charge in [-0.15, -0.1) is 0 Å². The maximum atomic E-state index is 12.0. The maximum Gasteiger partial charge on any atom is 0.243 e. The summed E-state index contributed by atoms with van der Waals surface area (Å²) in [5.74, 6) is 1.08. The second-order valence-electron chi connectivity index (χ2n) is 4.88. The van der Waals surface area contributed by atoms with E-state index in [2.05, 4.69) is 17.2 Å². The van der Waals surface area contributed by atoms with Crippen molar-refractivity contribution in [3.8, 4) is 11.5 Å². The molecule has 0 bridgehead atoms. The largest absolute Gasteiger partial charge is 0.495 e. The van der Waals surface area contributed by atoms with E-state index in [0.717, 1.165) is 5.69 Å². The number of carbonyl (C=O) groups is 1. The SMILES string of the molecule is C=CCOc1cccc(NCC(=O)Nc2ccc(OC)c(Cl)c2)c1. The molecule has 0 heterocycles. The molecule has 6 heteroatoms. The Labute approximate surface area is 146 Å². The molecule has 0 aliphatic heterocycles. The number of carbonyl (C=O) groups excluding carboxylic acids is 1. The Morgan fingerprint density at radius 1 is 1.25 bits per heavy atom. The topological polar surface area (TPSA) is 59.6 Å². The lowest BCUT2D eigenvalue weighted by molar-refractivity contribution is -0.114. The molecule has 0 saturated carbocycles. The average molecular weight is 347 g/mol. The molecule has 1 amide bonds. The van der Waals surface area contributed by atoms with Crippen molar-refractivity contribution in [2.45, 2.75) is 0 Å². The first kappa shape index (κ1) is 17.7. The summed E-state index contributed by atoms with van der Waals surface area (Å²) in [6, 6.07) is 12.4. The maximum absolute atomic E-state index is 12.0. The van der Waals surface area contributed by atoms with Crippen LogP contribution < -0.4 is 20.1 Å². The van der Waals surface area contributed by atoms with E-state index in [1.807, 2.05) is 24.3 Å². The number of anilines is 2. The number of nitrogens with one attached hydrogen (secondary N) is 2. The zero-order chi connectivity index (χ0) is 17.4. The first-order chi connectivity index (χ1) is 11.6. The minimum absolute atomic E-state index is 0.120. The predicted octanol–water partition coefficient (Wildman–Crippen LogP) is 3.96. The van der Waals surface area contributed by atoms with Crippen LogP contribution >= 0.6 is 11.6 Å². The van der Waals surface area contributed by atoms with Crippen molar-refractivity contribution in [3.63, 3.8) is 0 Å². The molecule has 2 aromatic carbocycles. The van der Waals surface area contributed by atoms with Crippen LogP contribution in [-0.2, 0) is 4.79 Å². The summed E-state index contributed by atoms with van der Waals surface area (Å²) in [5, 5.41) is 6.25. The van der Waals surface area contributed by atoms with Crippen molar-refractivity contribution >= 4 is 28.9 Å². The van der Waals surface area contributed by atoms with Gasteiger partial charge < -0.3 is 20.1 Å². The summed E-state index contributed by atoms with van der Waals surface area (Å²) in [7, 11) is 1.54. The van der Waals surface area contributed by atoms with E-state index >= 15 is 0 Å². The Kier molecular flexibility index (Phi) is 6.51. The fourth-order valence-corrected chi connectivity index (χ4v) is 2.24. The molecule has 2 N–H and O–H groups in total. The summed E-state index contributed by atoms with van der Waals surface area (Å²) in [5.41, 5.74) is 1.40. The first-order valence-electron chi connectivity index (χ1n) is 7.33. The molecule has 0 aliphatic rings. The van der Waals surface area contributed by atoms with Crippen molar-refractivity contribution in [1.29, 1.82) is 0 Å². The molecule has 126 valence electrons. The van der Waals surface area contributed by atoms with Gasteiger partial charge in [-0.05, 0) is 30.3 Å². The van der Waals surface area contributed by atoms with Gasteiger partial charge in [0, 0.05) is 17.4 Å². The third-order valence-electron chi connectivity index (χ3n) is 3.09. The van der Waals surface area contributed by atoms with Gasteiger partial charge in [0.25, 0.3) is 0 Å². The van der Waals surface area contributed by atoms with Crippen molar-refractivity contribution < 1.29 is 14.3 Å². The smallest absolute Gasteiger partial charge is 0.243 e. The number of benzene rings is 2. The zero-order valence-corrected chi connectivity index (χ0v) is 14.1. The molecule has 0 unspecified atom stereocenters. The second kappa shape index (κ2) is 8.84. The van der Waals surface area contributed by atoms with Gasteiger partial charge in [0.05, 0.1) is 18.7 Å². The van der Waals surface area contributed by atoms with Crippen LogP contribution in [0.3, 0.4) is 0 Å². The summed E-state index contributed by atoms with van der Waals surface area (Å²) < 4.78 is 10.5. The summed E-state index contributed by atoms with van der Waals surface area (Å²) in [4.78, 5) is 12.0. The van der Waals surface area contributed by atoms with Gasteiger partial charge in [-0.25, -0.2) is 0 Å². The van der Waals surface area contributed by atoms with E-state index in [4.69, 9.17) is 21.1 Å². The summed E-state index contributed by atoms with van der Waals surface area (Å²) in [6.07, 6.45) is 1.67. The van der Waals surface area contributed by atoms with Crippen LogP contribution in [0.1, 0.15) is 0 Å². The number of hydrogen-bond donors (Lipinski definition) is 2. The van der Waals surface area contributed by atoms with Gasteiger partial charge in [0.15, 0.2) is 0 Å². The van der Waals surface area contributed by atoms with Crippen LogP contribution in [-0.4, -0.2) is 26.2 Å². The molecule has 0 aromatic heterocycles. The van der Waals surface area contributed by atoms with Crippen molar-refractivity contribution in [1.82, 2.24) is 0 Å². The molecule has 0 saturated heterocycles. The Bertz CT molecular complexity index is 719. The molecule has 0 spiro atoms. The molecular formula is C18H19ClN2O3. The molecule has 24 heavy (non-hydrogen) atoms. The Morgan fingerprint density at radius 3 is 2.79 bits per heavy atom. The number of hydrogen-bond acceptors (Lipinski definition) is 4. The molecule has 0 atom stereocenters. The molecule has 0 fully saturated rings. The molecule has 2 aromatic rings. The molecular weight excluding hydrogens is 328 g/mol. The lowest BCUT2D eigenvalue weighted by Gasteiger charge is -2.10. The lowest BCUT2D eigenvalue weighted by atomic mass is 10.3.